The SMILES string of the molecule is CC(C)c1cccc2c1OCCC(N)C2O.Cl. The molecule has 1 aromatic carbocycles. The van der Waals surface area contributed by atoms with E-state index in [1.54, 1.807) is 0 Å². The third kappa shape index (κ3) is 2.73. The van der Waals surface area contributed by atoms with E-state index in [2.05, 4.69) is 13.8 Å². The van der Waals surface area contributed by atoms with Gasteiger partial charge in [0.25, 0.3) is 0 Å². The van der Waals surface area contributed by atoms with E-state index in [1.165, 1.54) is 0 Å². The van der Waals surface area contributed by atoms with Gasteiger partial charge in [-0.3, -0.25) is 0 Å². The van der Waals surface area contributed by atoms with Crippen LogP contribution in [0.4, 0.5) is 0 Å². The molecule has 17 heavy (non-hydrogen) atoms. The first-order chi connectivity index (χ1) is 7.61. The summed E-state index contributed by atoms with van der Waals surface area (Å²) in [7, 11) is 0. The molecule has 1 aliphatic rings. The molecule has 3 nitrogen and oxygen atoms in total. The third-order valence-corrected chi connectivity index (χ3v) is 3.12. The van der Waals surface area contributed by atoms with E-state index in [9.17, 15) is 5.11 Å². The largest absolute Gasteiger partial charge is 0.493 e. The number of ether oxygens (including phenoxy) is 1. The van der Waals surface area contributed by atoms with Crippen LogP contribution in [-0.2, 0) is 0 Å². The molecule has 0 bridgehead atoms. The number of halogens is 1. The number of fused-ring (bicyclic) bond motifs is 1. The van der Waals surface area contributed by atoms with Gasteiger partial charge in [-0.25, -0.2) is 0 Å². The molecule has 0 saturated carbocycles. The number of nitrogens with two attached hydrogens (primary N) is 1. The Hall–Kier alpha value is -0.770. The van der Waals surface area contributed by atoms with Crippen molar-refractivity contribution in [2.75, 3.05) is 6.61 Å². The van der Waals surface area contributed by atoms with E-state index in [0.717, 1.165) is 16.9 Å². The van der Waals surface area contributed by atoms with E-state index in [-0.39, 0.29) is 18.4 Å². The van der Waals surface area contributed by atoms with Gasteiger partial charge in [-0.2, -0.15) is 0 Å². The molecule has 0 spiro atoms. The molecule has 1 aliphatic heterocycles. The molecule has 0 amide bonds. The van der Waals surface area contributed by atoms with Crippen molar-refractivity contribution in [3.8, 4) is 5.75 Å². The summed E-state index contributed by atoms with van der Waals surface area (Å²) in [5.74, 6) is 1.22. The Labute approximate surface area is 108 Å². The second kappa shape index (κ2) is 5.71. The van der Waals surface area contributed by atoms with E-state index in [4.69, 9.17) is 10.5 Å². The summed E-state index contributed by atoms with van der Waals surface area (Å²) in [4.78, 5) is 0. The molecule has 2 unspecified atom stereocenters. The quantitative estimate of drug-likeness (QED) is 0.812. The maximum atomic E-state index is 10.1. The minimum atomic E-state index is -0.615. The molecule has 1 heterocycles. The number of hydrogen-bond acceptors (Lipinski definition) is 3. The van der Waals surface area contributed by atoms with Crippen LogP contribution in [0, 0.1) is 0 Å². The zero-order valence-electron chi connectivity index (χ0n) is 10.2. The Morgan fingerprint density at radius 1 is 1.41 bits per heavy atom. The van der Waals surface area contributed by atoms with Gasteiger partial charge in [0.05, 0.1) is 12.7 Å². The highest BCUT2D eigenvalue weighted by Crippen LogP contribution is 2.36. The lowest BCUT2D eigenvalue weighted by atomic mass is 9.94. The summed E-state index contributed by atoms with van der Waals surface area (Å²) in [6.07, 6.45) is 0.0732. The molecular formula is C13H20ClNO2. The molecule has 96 valence electrons. The number of aliphatic hydroxyl groups excluding tert-OH is 1. The average molecular weight is 258 g/mol. The Kier molecular flexibility index (Phi) is 4.80. The summed E-state index contributed by atoms with van der Waals surface area (Å²) in [6.45, 7) is 4.82. The van der Waals surface area contributed by atoms with Crippen molar-refractivity contribution in [1.82, 2.24) is 0 Å². The van der Waals surface area contributed by atoms with Crippen LogP contribution in [0.25, 0.3) is 0 Å². The fraction of sp³-hybridized carbons (Fsp3) is 0.538. The predicted molar refractivity (Wildman–Crippen MR) is 70.8 cm³/mol. The topological polar surface area (TPSA) is 55.5 Å². The highest BCUT2D eigenvalue weighted by atomic mass is 35.5. The lowest BCUT2D eigenvalue weighted by Gasteiger charge is -2.18. The van der Waals surface area contributed by atoms with Gasteiger partial charge in [-0.15, -0.1) is 12.4 Å². The van der Waals surface area contributed by atoms with Gasteiger partial charge in [0.1, 0.15) is 5.75 Å². The highest BCUT2D eigenvalue weighted by Gasteiger charge is 2.26. The van der Waals surface area contributed by atoms with Gasteiger partial charge >= 0.3 is 0 Å². The standard InChI is InChI=1S/C13H19NO2.ClH/c1-8(2)9-4-3-5-10-12(15)11(14)6-7-16-13(9)10;/h3-5,8,11-12,15H,6-7,14H2,1-2H3;1H. The second-order valence-corrected chi connectivity index (χ2v) is 4.67. The van der Waals surface area contributed by atoms with E-state index >= 15 is 0 Å². The van der Waals surface area contributed by atoms with Crippen molar-refractivity contribution in [3.05, 3.63) is 29.3 Å². The minimum absolute atomic E-state index is 0. The first-order valence-electron chi connectivity index (χ1n) is 5.80. The molecule has 2 rings (SSSR count). The van der Waals surface area contributed by atoms with Crippen LogP contribution in [0.2, 0.25) is 0 Å². The molecule has 0 saturated heterocycles. The number of benzene rings is 1. The van der Waals surface area contributed by atoms with Crippen LogP contribution in [0.1, 0.15) is 43.4 Å². The molecule has 4 heteroatoms. The van der Waals surface area contributed by atoms with E-state index in [1.807, 2.05) is 18.2 Å². The number of para-hydroxylation sites is 1. The van der Waals surface area contributed by atoms with Gasteiger partial charge in [0.2, 0.25) is 0 Å². The number of hydrogen-bond donors (Lipinski definition) is 2. The monoisotopic (exact) mass is 257 g/mol. The Balaban J connectivity index is 0.00000144. The molecule has 0 radical (unpaired) electrons. The van der Waals surface area contributed by atoms with E-state index < -0.39 is 6.10 Å². The first kappa shape index (κ1) is 14.3. The zero-order valence-corrected chi connectivity index (χ0v) is 11.0. The molecule has 1 aromatic rings. The van der Waals surface area contributed by atoms with Crippen molar-refractivity contribution in [2.45, 2.75) is 38.3 Å². The van der Waals surface area contributed by atoms with E-state index in [0.29, 0.717) is 18.9 Å². The summed E-state index contributed by atoms with van der Waals surface area (Å²) in [6, 6.07) is 5.67. The van der Waals surface area contributed by atoms with Gasteiger partial charge in [-0.05, 0) is 17.9 Å². The molecular weight excluding hydrogens is 238 g/mol. The first-order valence-corrected chi connectivity index (χ1v) is 5.80. The summed E-state index contributed by atoms with van der Waals surface area (Å²) >= 11 is 0. The zero-order chi connectivity index (χ0) is 11.7. The fourth-order valence-electron chi connectivity index (χ4n) is 2.11. The van der Waals surface area contributed by atoms with Crippen LogP contribution in [0.3, 0.4) is 0 Å². The smallest absolute Gasteiger partial charge is 0.128 e. The molecule has 0 fully saturated rings. The number of aliphatic hydroxyl groups is 1. The average Bonchev–Trinajstić information content (AvgIpc) is 2.40. The predicted octanol–water partition coefficient (Wildman–Crippen LogP) is 2.38. The second-order valence-electron chi connectivity index (χ2n) is 4.67. The van der Waals surface area contributed by atoms with Crippen molar-refractivity contribution < 1.29 is 9.84 Å². The maximum absolute atomic E-state index is 10.1. The fourth-order valence-corrected chi connectivity index (χ4v) is 2.11. The van der Waals surface area contributed by atoms with Crippen LogP contribution >= 0.6 is 12.4 Å². The summed E-state index contributed by atoms with van der Waals surface area (Å²) in [5.41, 5.74) is 7.86. The maximum Gasteiger partial charge on any atom is 0.128 e. The lowest BCUT2D eigenvalue weighted by molar-refractivity contribution is 0.145. The van der Waals surface area contributed by atoms with Crippen molar-refractivity contribution in [3.63, 3.8) is 0 Å². The van der Waals surface area contributed by atoms with Gasteiger partial charge in [0, 0.05) is 11.6 Å². The Morgan fingerprint density at radius 2 is 2.12 bits per heavy atom. The van der Waals surface area contributed by atoms with Crippen molar-refractivity contribution in [1.29, 1.82) is 0 Å². The van der Waals surface area contributed by atoms with Crippen LogP contribution < -0.4 is 10.5 Å². The molecule has 2 atom stereocenters. The Morgan fingerprint density at radius 3 is 2.76 bits per heavy atom. The lowest BCUT2D eigenvalue weighted by Crippen LogP contribution is -2.28. The van der Waals surface area contributed by atoms with Gasteiger partial charge in [-0.1, -0.05) is 32.0 Å². The van der Waals surface area contributed by atoms with Crippen LogP contribution in [0.5, 0.6) is 5.75 Å². The summed E-state index contributed by atoms with van der Waals surface area (Å²) in [5, 5.41) is 10.1. The molecule has 0 aromatic heterocycles. The van der Waals surface area contributed by atoms with Gasteiger partial charge in [0.15, 0.2) is 0 Å². The van der Waals surface area contributed by atoms with Gasteiger partial charge < -0.3 is 15.6 Å². The summed E-state index contributed by atoms with van der Waals surface area (Å²) < 4.78 is 5.74. The van der Waals surface area contributed by atoms with Crippen LogP contribution in [-0.4, -0.2) is 17.8 Å². The molecule has 3 N–H and O–H groups in total. The van der Waals surface area contributed by atoms with Crippen molar-refractivity contribution >= 4 is 12.4 Å². The van der Waals surface area contributed by atoms with Crippen LogP contribution in [0.15, 0.2) is 18.2 Å². The minimum Gasteiger partial charge on any atom is -0.493 e. The number of rotatable bonds is 1. The van der Waals surface area contributed by atoms with Crippen molar-refractivity contribution in [2.24, 2.45) is 5.73 Å². The molecule has 0 aliphatic carbocycles. The highest BCUT2D eigenvalue weighted by molar-refractivity contribution is 5.85. The third-order valence-electron chi connectivity index (χ3n) is 3.12. The Bertz CT molecular complexity index is 382. The normalized spacial score (nSPS) is 23.4.